The van der Waals surface area contributed by atoms with Gasteiger partial charge in [-0.1, -0.05) is 47.5 Å². The second-order valence-electron chi connectivity index (χ2n) is 7.08. The summed E-state index contributed by atoms with van der Waals surface area (Å²) in [5.41, 5.74) is 0.967. The third-order valence-corrected chi connectivity index (χ3v) is 6.20. The number of nitrogens with zero attached hydrogens (tertiary/aromatic N) is 1. The van der Waals surface area contributed by atoms with Crippen LogP contribution in [0, 0.1) is 0 Å². The van der Waals surface area contributed by atoms with E-state index in [4.69, 9.17) is 32.7 Å². The van der Waals surface area contributed by atoms with Gasteiger partial charge < -0.3 is 9.47 Å². The number of thioether (sulfide) groups is 1. The van der Waals surface area contributed by atoms with Crippen molar-refractivity contribution in [1.29, 1.82) is 0 Å². The van der Waals surface area contributed by atoms with E-state index in [0.29, 0.717) is 32.7 Å². The van der Waals surface area contributed by atoms with Crippen molar-refractivity contribution in [3.05, 3.63) is 98.9 Å². The molecular formula is C25H17Cl2NO5S. The first-order chi connectivity index (χ1) is 16.4. The smallest absolute Gasteiger partial charge is 0.343 e. The topological polar surface area (TPSA) is 72.9 Å². The van der Waals surface area contributed by atoms with E-state index in [1.165, 1.54) is 0 Å². The van der Waals surface area contributed by atoms with Crippen LogP contribution in [0.15, 0.2) is 77.7 Å². The number of ether oxygens (including phenoxy) is 2. The number of amides is 2. The number of para-hydroxylation sites is 1. The second kappa shape index (κ2) is 10.8. The third kappa shape index (κ3) is 5.80. The molecule has 6 nitrogen and oxygen atoms in total. The van der Waals surface area contributed by atoms with Crippen LogP contribution >= 0.6 is 35.0 Å². The minimum absolute atomic E-state index is 0.0893. The Hall–Kier alpha value is -3.26. The molecule has 3 aromatic rings. The minimum Gasteiger partial charge on any atom is -0.490 e. The Balaban J connectivity index is 1.40. The highest BCUT2D eigenvalue weighted by molar-refractivity contribution is 8.18. The summed E-state index contributed by atoms with van der Waals surface area (Å²) in [6.07, 6.45) is 1.58. The molecule has 0 bridgehead atoms. The van der Waals surface area contributed by atoms with E-state index >= 15 is 0 Å². The van der Waals surface area contributed by atoms with Crippen molar-refractivity contribution in [3.8, 4) is 11.5 Å². The number of halogens is 2. The average Bonchev–Trinajstić information content (AvgIpc) is 3.08. The zero-order chi connectivity index (χ0) is 24.1. The molecule has 1 heterocycles. The van der Waals surface area contributed by atoms with Crippen molar-refractivity contribution in [2.45, 2.75) is 0 Å². The number of hydrogen-bond acceptors (Lipinski definition) is 6. The van der Waals surface area contributed by atoms with Gasteiger partial charge in [0.2, 0.25) is 0 Å². The highest BCUT2D eigenvalue weighted by Crippen LogP contribution is 2.33. The SMILES string of the molecule is O=C(Oc1cccc(/C=C2\SC(=O)N(CCOc3ccccc3Cl)C2=O)c1)c1ccc(Cl)cc1. The Morgan fingerprint density at radius 2 is 1.74 bits per heavy atom. The summed E-state index contributed by atoms with van der Waals surface area (Å²) in [6, 6.07) is 20.0. The van der Waals surface area contributed by atoms with Crippen molar-refractivity contribution >= 4 is 58.2 Å². The molecule has 0 aromatic heterocycles. The summed E-state index contributed by atoms with van der Waals surface area (Å²) < 4.78 is 11.0. The summed E-state index contributed by atoms with van der Waals surface area (Å²) in [7, 11) is 0. The minimum atomic E-state index is -0.535. The first kappa shape index (κ1) is 23.9. The van der Waals surface area contributed by atoms with Crippen molar-refractivity contribution in [2.24, 2.45) is 0 Å². The highest BCUT2D eigenvalue weighted by atomic mass is 35.5. The summed E-state index contributed by atoms with van der Waals surface area (Å²) in [4.78, 5) is 38.8. The van der Waals surface area contributed by atoms with Crippen LogP contribution in [0.1, 0.15) is 15.9 Å². The van der Waals surface area contributed by atoms with Crippen LogP contribution in [-0.4, -0.2) is 35.2 Å². The molecule has 1 aliphatic rings. The van der Waals surface area contributed by atoms with E-state index < -0.39 is 11.9 Å². The van der Waals surface area contributed by atoms with Crippen LogP contribution < -0.4 is 9.47 Å². The molecule has 0 aliphatic carbocycles. The molecule has 1 fully saturated rings. The Labute approximate surface area is 210 Å². The van der Waals surface area contributed by atoms with E-state index in [0.717, 1.165) is 16.7 Å². The number of benzene rings is 3. The molecule has 9 heteroatoms. The fourth-order valence-electron chi connectivity index (χ4n) is 3.07. The molecule has 172 valence electrons. The maximum atomic E-state index is 12.7. The van der Waals surface area contributed by atoms with Crippen molar-refractivity contribution in [1.82, 2.24) is 4.90 Å². The Morgan fingerprint density at radius 1 is 0.971 bits per heavy atom. The van der Waals surface area contributed by atoms with E-state index in [-0.39, 0.29) is 23.3 Å². The Morgan fingerprint density at radius 3 is 2.50 bits per heavy atom. The maximum Gasteiger partial charge on any atom is 0.343 e. The molecule has 0 unspecified atom stereocenters. The van der Waals surface area contributed by atoms with Crippen LogP contribution in [0.5, 0.6) is 11.5 Å². The van der Waals surface area contributed by atoms with Gasteiger partial charge in [0.25, 0.3) is 11.1 Å². The van der Waals surface area contributed by atoms with Gasteiger partial charge in [0, 0.05) is 5.02 Å². The van der Waals surface area contributed by atoms with Crippen molar-refractivity contribution in [2.75, 3.05) is 13.2 Å². The quantitative estimate of drug-likeness (QED) is 0.209. The highest BCUT2D eigenvalue weighted by Gasteiger charge is 2.34. The zero-order valence-electron chi connectivity index (χ0n) is 17.6. The van der Waals surface area contributed by atoms with Crippen LogP contribution in [0.2, 0.25) is 10.0 Å². The largest absolute Gasteiger partial charge is 0.490 e. The van der Waals surface area contributed by atoms with E-state index in [1.54, 1.807) is 78.9 Å². The molecule has 0 radical (unpaired) electrons. The third-order valence-electron chi connectivity index (χ3n) is 4.73. The Bertz CT molecular complexity index is 1280. The molecule has 0 N–H and O–H groups in total. The second-order valence-corrected chi connectivity index (χ2v) is 8.92. The summed E-state index contributed by atoms with van der Waals surface area (Å²) in [5, 5.41) is 0.584. The van der Waals surface area contributed by atoms with Gasteiger partial charge in [0.15, 0.2) is 0 Å². The number of rotatable bonds is 7. The van der Waals surface area contributed by atoms with E-state index in [2.05, 4.69) is 0 Å². The van der Waals surface area contributed by atoms with Gasteiger partial charge in [-0.15, -0.1) is 0 Å². The van der Waals surface area contributed by atoms with Crippen molar-refractivity contribution < 1.29 is 23.9 Å². The normalized spacial score (nSPS) is 14.5. The van der Waals surface area contributed by atoms with E-state index in [9.17, 15) is 14.4 Å². The molecular weight excluding hydrogens is 497 g/mol. The van der Waals surface area contributed by atoms with E-state index in [1.807, 2.05) is 0 Å². The van der Waals surface area contributed by atoms with Crippen LogP contribution in [-0.2, 0) is 4.79 Å². The molecule has 1 aliphatic heterocycles. The summed E-state index contributed by atoms with van der Waals surface area (Å²) >= 11 is 12.7. The van der Waals surface area contributed by atoms with Gasteiger partial charge in [0.1, 0.15) is 18.1 Å². The molecule has 0 saturated carbocycles. The fourth-order valence-corrected chi connectivity index (χ4v) is 4.25. The summed E-state index contributed by atoms with van der Waals surface area (Å²) in [6.45, 7) is 0.206. The lowest BCUT2D eigenvalue weighted by Gasteiger charge is -2.13. The predicted octanol–water partition coefficient (Wildman–Crippen LogP) is 6.33. The lowest BCUT2D eigenvalue weighted by Crippen LogP contribution is -2.32. The molecule has 34 heavy (non-hydrogen) atoms. The van der Waals surface area contributed by atoms with Crippen LogP contribution in [0.4, 0.5) is 4.79 Å². The molecule has 0 atom stereocenters. The fraction of sp³-hybridized carbons (Fsp3) is 0.0800. The van der Waals surface area contributed by atoms with Gasteiger partial charge in [-0.25, -0.2) is 4.79 Å². The molecule has 3 aromatic carbocycles. The lowest BCUT2D eigenvalue weighted by molar-refractivity contribution is -0.123. The number of carbonyl (C=O) groups excluding carboxylic acids is 3. The molecule has 2 amide bonds. The van der Waals surface area contributed by atoms with Gasteiger partial charge in [-0.05, 0) is 71.9 Å². The number of carbonyl (C=O) groups is 3. The zero-order valence-corrected chi connectivity index (χ0v) is 19.9. The predicted molar refractivity (Wildman–Crippen MR) is 132 cm³/mol. The average molecular weight is 514 g/mol. The van der Waals surface area contributed by atoms with Crippen LogP contribution in [0.3, 0.4) is 0 Å². The molecule has 1 saturated heterocycles. The Kier molecular flexibility index (Phi) is 7.57. The number of hydrogen-bond donors (Lipinski definition) is 0. The van der Waals surface area contributed by atoms with Gasteiger partial charge >= 0.3 is 5.97 Å². The number of esters is 1. The molecule has 4 rings (SSSR count). The van der Waals surface area contributed by atoms with Gasteiger partial charge in [-0.3, -0.25) is 14.5 Å². The number of imide groups is 1. The maximum absolute atomic E-state index is 12.7. The van der Waals surface area contributed by atoms with Gasteiger partial charge in [0.05, 0.1) is 22.0 Å². The monoisotopic (exact) mass is 513 g/mol. The first-order valence-electron chi connectivity index (χ1n) is 10.1. The first-order valence-corrected chi connectivity index (χ1v) is 11.7. The standard InChI is InChI=1S/C25H17Cl2NO5S/c26-18-10-8-17(9-11-18)24(30)33-19-5-3-4-16(14-19)15-22-23(29)28(25(31)34-22)12-13-32-21-7-2-1-6-20(21)27/h1-11,14-15H,12-13H2/b22-15-. The lowest BCUT2D eigenvalue weighted by atomic mass is 10.2. The summed E-state index contributed by atoms with van der Waals surface area (Å²) in [5.74, 6) is -0.160. The van der Waals surface area contributed by atoms with Crippen LogP contribution in [0.25, 0.3) is 6.08 Å². The van der Waals surface area contributed by atoms with Crippen molar-refractivity contribution in [3.63, 3.8) is 0 Å². The molecule has 0 spiro atoms. The van der Waals surface area contributed by atoms with Gasteiger partial charge in [-0.2, -0.15) is 0 Å².